The molecule has 7 nitrogen and oxygen atoms in total. The summed E-state index contributed by atoms with van der Waals surface area (Å²) in [6, 6.07) is 12.3. The van der Waals surface area contributed by atoms with Crippen LogP contribution in [0.3, 0.4) is 0 Å². The van der Waals surface area contributed by atoms with E-state index < -0.39 is 0 Å². The van der Waals surface area contributed by atoms with Crippen molar-refractivity contribution in [2.75, 3.05) is 58.8 Å². The predicted molar refractivity (Wildman–Crippen MR) is 139 cm³/mol. The van der Waals surface area contributed by atoms with Crippen LogP contribution in [0.5, 0.6) is 5.75 Å². The number of halogens is 1. The van der Waals surface area contributed by atoms with Gasteiger partial charge in [-0.1, -0.05) is 31.2 Å². The van der Waals surface area contributed by atoms with Crippen LogP contribution in [0, 0.1) is 0 Å². The van der Waals surface area contributed by atoms with E-state index in [1.165, 1.54) is 0 Å². The lowest BCUT2D eigenvalue weighted by Gasteiger charge is -2.34. The number of hydrogen-bond donors (Lipinski definition) is 1. The van der Waals surface area contributed by atoms with Gasteiger partial charge < -0.3 is 24.8 Å². The minimum atomic E-state index is 0. The van der Waals surface area contributed by atoms with Gasteiger partial charge in [0.2, 0.25) is 0 Å². The molecular weight excluding hydrogens is 503 g/mol. The molecule has 0 saturated carbocycles. The predicted octanol–water partition coefficient (Wildman–Crippen LogP) is 3.06. The molecule has 0 bridgehead atoms. The summed E-state index contributed by atoms with van der Waals surface area (Å²) in [4.78, 5) is 16.0. The number of benzene rings is 1. The maximum absolute atomic E-state index is 5.46. The molecule has 0 unspecified atom stereocenters. The van der Waals surface area contributed by atoms with Gasteiger partial charge in [-0.15, -0.1) is 24.0 Å². The lowest BCUT2D eigenvalue weighted by Crippen LogP contribution is -2.46. The standard InChI is InChI=1S/C23H34N6O.HI/c1-5-28-12-14-29(15-13-28)22-11-10-19(16-25-22)17-26-23(24-2)27(3)18-20-8-6-7-9-21(20)30-4;/h6-11,16H,5,12-15,17-18H2,1-4H3,(H,24,26);1H. The molecule has 0 aliphatic carbocycles. The molecule has 8 heteroatoms. The number of hydrogen-bond acceptors (Lipinski definition) is 5. The van der Waals surface area contributed by atoms with E-state index in [-0.39, 0.29) is 24.0 Å². The molecule has 170 valence electrons. The molecule has 1 aromatic heterocycles. The quantitative estimate of drug-likeness (QED) is 0.333. The Labute approximate surface area is 203 Å². The van der Waals surface area contributed by atoms with Crippen molar-refractivity contribution in [2.45, 2.75) is 20.0 Å². The monoisotopic (exact) mass is 538 g/mol. The van der Waals surface area contributed by atoms with Crippen molar-refractivity contribution in [3.05, 3.63) is 53.7 Å². The van der Waals surface area contributed by atoms with Crippen molar-refractivity contribution in [3.8, 4) is 5.75 Å². The zero-order valence-electron chi connectivity index (χ0n) is 19.0. The van der Waals surface area contributed by atoms with Crippen molar-refractivity contribution in [1.82, 2.24) is 20.1 Å². The van der Waals surface area contributed by atoms with E-state index >= 15 is 0 Å². The second-order valence-electron chi connectivity index (χ2n) is 7.51. The van der Waals surface area contributed by atoms with Crippen LogP contribution in [0.2, 0.25) is 0 Å². The number of pyridine rings is 1. The van der Waals surface area contributed by atoms with Gasteiger partial charge in [0, 0.05) is 65.1 Å². The summed E-state index contributed by atoms with van der Waals surface area (Å²) < 4.78 is 5.46. The van der Waals surface area contributed by atoms with Gasteiger partial charge in [-0.3, -0.25) is 4.99 Å². The van der Waals surface area contributed by atoms with Gasteiger partial charge in [0.25, 0.3) is 0 Å². The first-order valence-electron chi connectivity index (χ1n) is 10.6. The van der Waals surface area contributed by atoms with Crippen molar-refractivity contribution < 1.29 is 4.74 Å². The first kappa shape index (κ1) is 25.2. The van der Waals surface area contributed by atoms with Crippen LogP contribution in [0.25, 0.3) is 0 Å². The number of ether oxygens (including phenoxy) is 1. The zero-order valence-corrected chi connectivity index (χ0v) is 21.4. The molecule has 2 aromatic rings. The molecule has 0 amide bonds. The number of para-hydroxylation sites is 1. The third-order valence-corrected chi connectivity index (χ3v) is 5.58. The number of methoxy groups -OCH3 is 1. The Hall–Kier alpha value is -2.07. The SMILES string of the molecule is CCN1CCN(c2ccc(CNC(=NC)N(C)Cc3ccccc3OC)cn2)CC1.I. The molecule has 31 heavy (non-hydrogen) atoms. The molecule has 1 aliphatic heterocycles. The number of guanidine groups is 1. The van der Waals surface area contributed by atoms with Gasteiger partial charge in [0.1, 0.15) is 11.6 Å². The van der Waals surface area contributed by atoms with E-state index in [9.17, 15) is 0 Å². The fraction of sp³-hybridized carbons (Fsp3) is 0.478. The minimum Gasteiger partial charge on any atom is -0.496 e. The molecule has 0 spiro atoms. The molecule has 1 saturated heterocycles. The fourth-order valence-corrected chi connectivity index (χ4v) is 3.73. The van der Waals surface area contributed by atoms with E-state index in [1.807, 2.05) is 31.4 Å². The molecule has 3 rings (SSSR count). The number of rotatable bonds is 7. The van der Waals surface area contributed by atoms with E-state index in [0.29, 0.717) is 13.1 Å². The molecule has 0 radical (unpaired) electrons. The summed E-state index contributed by atoms with van der Waals surface area (Å²) in [5.41, 5.74) is 2.26. The summed E-state index contributed by atoms with van der Waals surface area (Å²) in [6.45, 7) is 9.03. The number of aliphatic imine (C=N–C) groups is 1. The molecule has 1 aliphatic rings. The largest absolute Gasteiger partial charge is 0.496 e. The summed E-state index contributed by atoms with van der Waals surface area (Å²) in [5.74, 6) is 2.78. The molecule has 1 fully saturated rings. The smallest absolute Gasteiger partial charge is 0.193 e. The molecule has 0 atom stereocenters. The normalized spacial score (nSPS) is 14.7. The van der Waals surface area contributed by atoms with Crippen LogP contribution >= 0.6 is 24.0 Å². The van der Waals surface area contributed by atoms with E-state index in [2.05, 4.69) is 55.1 Å². The van der Waals surface area contributed by atoms with Gasteiger partial charge in [-0.05, 0) is 24.2 Å². The highest BCUT2D eigenvalue weighted by Gasteiger charge is 2.16. The van der Waals surface area contributed by atoms with E-state index in [4.69, 9.17) is 4.74 Å². The third-order valence-electron chi connectivity index (χ3n) is 5.58. The highest BCUT2D eigenvalue weighted by atomic mass is 127. The highest BCUT2D eigenvalue weighted by Crippen LogP contribution is 2.19. The first-order chi connectivity index (χ1) is 14.6. The number of anilines is 1. The molecular formula is C23H35IN6O. The van der Waals surface area contributed by atoms with E-state index in [0.717, 1.165) is 61.4 Å². The maximum atomic E-state index is 5.46. The second-order valence-corrected chi connectivity index (χ2v) is 7.51. The lowest BCUT2D eigenvalue weighted by atomic mass is 10.2. The number of nitrogens with zero attached hydrogens (tertiary/aromatic N) is 5. The van der Waals surface area contributed by atoms with Crippen molar-refractivity contribution in [3.63, 3.8) is 0 Å². The highest BCUT2D eigenvalue weighted by molar-refractivity contribution is 14.0. The summed E-state index contributed by atoms with van der Waals surface area (Å²) in [7, 11) is 5.53. The summed E-state index contributed by atoms with van der Waals surface area (Å²) in [6.07, 6.45) is 1.96. The zero-order chi connectivity index (χ0) is 21.3. The van der Waals surface area contributed by atoms with Gasteiger partial charge in [0.05, 0.1) is 7.11 Å². The van der Waals surface area contributed by atoms with Crippen molar-refractivity contribution >= 4 is 35.8 Å². The minimum absolute atomic E-state index is 0. The fourth-order valence-electron chi connectivity index (χ4n) is 3.73. The van der Waals surface area contributed by atoms with Gasteiger partial charge >= 0.3 is 0 Å². The number of aromatic nitrogens is 1. The van der Waals surface area contributed by atoms with E-state index in [1.54, 1.807) is 14.2 Å². The van der Waals surface area contributed by atoms with Crippen LogP contribution in [0.1, 0.15) is 18.1 Å². The average molecular weight is 538 g/mol. The Balaban J connectivity index is 0.00000341. The Kier molecular flexibility index (Phi) is 10.3. The second kappa shape index (κ2) is 12.7. The maximum Gasteiger partial charge on any atom is 0.193 e. The average Bonchev–Trinajstić information content (AvgIpc) is 2.80. The number of nitrogens with one attached hydrogen (secondary N) is 1. The van der Waals surface area contributed by atoms with Crippen LogP contribution in [0.4, 0.5) is 5.82 Å². The molecule has 1 aromatic carbocycles. The van der Waals surface area contributed by atoms with Crippen molar-refractivity contribution in [1.29, 1.82) is 0 Å². The molecule has 2 heterocycles. The lowest BCUT2D eigenvalue weighted by molar-refractivity contribution is 0.270. The summed E-state index contributed by atoms with van der Waals surface area (Å²) in [5, 5.41) is 3.43. The van der Waals surface area contributed by atoms with Crippen LogP contribution in [-0.2, 0) is 13.1 Å². The first-order valence-corrected chi connectivity index (χ1v) is 10.6. The van der Waals surface area contributed by atoms with Gasteiger partial charge in [-0.25, -0.2) is 4.98 Å². The molecule has 1 N–H and O–H groups in total. The Bertz CT molecular complexity index is 821. The van der Waals surface area contributed by atoms with Gasteiger partial charge in [0.15, 0.2) is 5.96 Å². The van der Waals surface area contributed by atoms with Gasteiger partial charge in [-0.2, -0.15) is 0 Å². The summed E-state index contributed by atoms with van der Waals surface area (Å²) >= 11 is 0. The van der Waals surface area contributed by atoms with Crippen LogP contribution in [0.15, 0.2) is 47.6 Å². The van der Waals surface area contributed by atoms with Crippen molar-refractivity contribution in [2.24, 2.45) is 4.99 Å². The Morgan fingerprint density at radius 1 is 1.16 bits per heavy atom. The Morgan fingerprint density at radius 2 is 1.90 bits per heavy atom. The number of piperazine rings is 1. The van der Waals surface area contributed by atoms with Crippen LogP contribution < -0.4 is 15.0 Å². The third kappa shape index (κ3) is 6.96. The van der Waals surface area contributed by atoms with Crippen LogP contribution in [-0.4, -0.2) is 74.7 Å². The Morgan fingerprint density at radius 3 is 2.52 bits per heavy atom. The number of likely N-dealkylation sites (N-methyl/N-ethyl adjacent to an activating group) is 1. The topological polar surface area (TPSA) is 56.2 Å².